The van der Waals surface area contributed by atoms with Gasteiger partial charge in [-0.3, -0.25) is 18.9 Å². The van der Waals surface area contributed by atoms with Crippen molar-refractivity contribution in [2.75, 3.05) is 24.8 Å². The van der Waals surface area contributed by atoms with Crippen molar-refractivity contribution in [2.45, 2.75) is 18.5 Å². The molecule has 1 saturated heterocycles. The van der Waals surface area contributed by atoms with Crippen LogP contribution in [0.4, 0.5) is 10.3 Å². The third kappa shape index (κ3) is 6.34. The number of aliphatic hydroxyl groups is 1. The fourth-order valence-corrected chi connectivity index (χ4v) is 6.51. The average Bonchev–Trinajstić information content (AvgIpc) is 3.10. The molecule has 1 aliphatic heterocycles. The van der Waals surface area contributed by atoms with Gasteiger partial charge in [0, 0.05) is 5.88 Å². The van der Waals surface area contributed by atoms with Crippen molar-refractivity contribution in [3.63, 3.8) is 0 Å². The van der Waals surface area contributed by atoms with Gasteiger partial charge < -0.3 is 35.2 Å². The zero-order chi connectivity index (χ0) is 26.4. The number of nitrogen functional groups attached to an aromatic ring is 1. The number of imidazole rings is 1. The number of aliphatic hydroxyl groups excluding tert-OH is 1. The molecule has 0 bridgehead atoms. The van der Waals surface area contributed by atoms with Crippen LogP contribution in [0.2, 0.25) is 0 Å². The minimum Gasteiger partial charge on any atom is -0.389 e. The molecule has 23 heteroatoms. The van der Waals surface area contributed by atoms with E-state index in [-0.39, 0.29) is 17.1 Å². The van der Waals surface area contributed by atoms with Gasteiger partial charge in [0.05, 0.1) is 25.0 Å². The zero-order valence-electron chi connectivity index (χ0n) is 16.9. The van der Waals surface area contributed by atoms with Crippen LogP contribution < -0.4 is 11.3 Å². The van der Waals surface area contributed by atoms with Crippen molar-refractivity contribution >= 4 is 52.2 Å². The second-order valence-corrected chi connectivity index (χ2v) is 11.9. The van der Waals surface area contributed by atoms with Crippen molar-refractivity contribution in [3.05, 3.63) is 16.7 Å². The van der Waals surface area contributed by atoms with Crippen molar-refractivity contribution in [1.82, 2.24) is 19.5 Å². The van der Waals surface area contributed by atoms with E-state index in [1.54, 1.807) is 0 Å². The quantitative estimate of drug-likeness (QED) is 0.144. The molecule has 35 heavy (non-hydrogen) atoms. The van der Waals surface area contributed by atoms with Gasteiger partial charge in [0.1, 0.15) is 6.10 Å². The summed E-state index contributed by atoms with van der Waals surface area (Å²) in [6, 6.07) is 0. The van der Waals surface area contributed by atoms with Gasteiger partial charge in [-0.1, -0.05) is 0 Å². The normalized spacial score (nSPS) is 29.1. The number of phosphoric ester groups is 1. The number of rotatable bonds is 9. The first-order valence-electron chi connectivity index (χ1n) is 9.00. The number of fused-ring (bicyclic) bond motifs is 1. The summed E-state index contributed by atoms with van der Waals surface area (Å²) in [6.45, 7) is -1.72. The number of phosphoric acid groups is 3. The summed E-state index contributed by atoms with van der Waals surface area (Å²) in [7, 11) is -17.0. The lowest BCUT2D eigenvalue weighted by molar-refractivity contribution is -0.205. The van der Waals surface area contributed by atoms with Crippen LogP contribution in [0.3, 0.4) is 0 Å². The Kier molecular flexibility index (Phi) is 7.97. The van der Waals surface area contributed by atoms with Crippen molar-refractivity contribution in [3.8, 4) is 0 Å². The van der Waals surface area contributed by atoms with Gasteiger partial charge >= 0.3 is 23.5 Å². The Hall–Kier alpha value is -1.30. The molecule has 0 radical (unpaired) electrons. The highest BCUT2D eigenvalue weighted by atomic mass is 35.5. The molecule has 6 atom stereocenters. The van der Waals surface area contributed by atoms with Crippen LogP contribution in [-0.4, -0.2) is 75.6 Å². The van der Waals surface area contributed by atoms with Crippen LogP contribution in [0.1, 0.15) is 6.23 Å². The molecule has 3 rings (SSSR count). The van der Waals surface area contributed by atoms with Crippen molar-refractivity contribution in [2.24, 2.45) is 5.41 Å². The zero-order valence-corrected chi connectivity index (χ0v) is 20.4. The Balaban J connectivity index is 1.78. The standard InChI is InChI=1S/C12H18ClFN5O13P3/c13-1-12(3-30-34(25,26)32-35(27,28)31-33(22,23)24)2-29-10(5(14)7(12)20)19-4-16-6-8(19)17-11(15)18-9(6)21/h4-5,7,10,20H,1-3H2,(H,25,26)(H,27,28)(H2,22,23,24)(H3,15,17,18,21)/t5-,7+,10-,12-/m1/s1. The Bertz CT molecular complexity index is 1300. The molecule has 1 fully saturated rings. The fraction of sp³-hybridized carbons (Fsp3) is 0.583. The molecular weight excluding hydrogens is 570 g/mol. The molecule has 0 saturated carbocycles. The van der Waals surface area contributed by atoms with E-state index in [1.165, 1.54) is 0 Å². The second kappa shape index (κ2) is 9.87. The first-order valence-corrected chi connectivity index (χ1v) is 14.1. The lowest BCUT2D eigenvalue weighted by atomic mass is 9.81. The Morgan fingerprint density at radius 2 is 1.94 bits per heavy atom. The van der Waals surface area contributed by atoms with Crippen LogP contribution in [0.5, 0.6) is 0 Å². The van der Waals surface area contributed by atoms with Gasteiger partial charge in [-0.2, -0.15) is 13.6 Å². The van der Waals surface area contributed by atoms with Crippen molar-refractivity contribution < 1.29 is 60.6 Å². The minimum atomic E-state index is -5.80. The Morgan fingerprint density at radius 1 is 1.29 bits per heavy atom. The molecule has 2 unspecified atom stereocenters. The molecule has 3 heterocycles. The number of halogens is 2. The number of nitrogens with one attached hydrogen (secondary N) is 1. The predicted octanol–water partition coefficient (Wildman–Crippen LogP) is -0.502. The molecule has 1 aliphatic rings. The summed E-state index contributed by atoms with van der Waals surface area (Å²) >= 11 is 5.83. The molecule has 0 spiro atoms. The smallest absolute Gasteiger partial charge is 0.389 e. The summed E-state index contributed by atoms with van der Waals surface area (Å²) < 4.78 is 67.4. The fourth-order valence-electron chi connectivity index (χ4n) is 3.08. The van der Waals surface area contributed by atoms with E-state index in [0.717, 1.165) is 10.9 Å². The minimum absolute atomic E-state index is 0.169. The average molecular weight is 588 g/mol. The number of aromatic amines is 1. The molecule has 2 aromatic heterocycles. The highest BCUT2D eigenvalue weighted by molar-refractivity contribution is 7.66. The van der Waals surface area contributed by atoms with Gasteiger partial charge in [-0.25, -0.2) is 23.1 Å². The Labute approximate surface area is 198 Å². The van der Waals surface area contributed by atoms with Crippen LogP contribution in [0.25, 0.3) is 11.2 Å². The molecule has 0 amide bonds. The molecule has 8 N–H and O–H groups in total. The van der Waals surface area contributed by atoms with E-state index in [1.807, 2.05) is 0 Å². The monoisotopic (exact) mass is 587 g/mol. The maximum Gasteiger partial charge on any atom is 0.490 e. The Morgan fingerprint density at radius 3 is 2.54 bits per heavy atom. The van der Waals surface area contributed by atoms with E-state index >= 15 is 4.39 Å². The molecule has 18 nitrogen and oxygen atoms in total. The molecule has 2 aromatic rings. The predicted molar refractivity (Wildman–Crippen MR) is 111 cm³/mol. The van der Waals surface area contributed by atoms with Crippen LogP contribution in [-0.2, 0) is 31.6 Å². The number of aromatic nitrogens is 4. The van der Waals surface area contributed by atoms with Gasteiger partial charge in [-0.05, 0) is 0 Å². The summed E-state index contributed by atoms with van der Waals surface area (Å²) in [5.74, 6) is -0.936. The number of nitrogens with two attached hydrogens (primary N) is 1. The number of hydrogen-bond donors (Lipinski definition) is 7. The SMILES string of the molecule is Nc1nc2c(ncn2[C@@H]2OC[C@](CCl)(COP(=O)(O)OP(=O)(O)OP(=O)(O)O)[C@@H](O)[C@H]2F)c(=O)[nH]1. The number of alkyl halides is 2. The summed E-state index contributed by atoms with van der Waals surface area (Å²) in [6.07, 6.45) is -4.96. The molecule has 0 aromatic carbocycles. The van der Waals surface area contributed by atoms with Crippen LogP contribution in [0.15, 0.2) is 11.1 Å². The lowest BCUT2D eigenvalue weighted by Crippen LogP contribution is -2.56. The second-order valence-electron chi connectivity index (χ2n) is 7.23. The van der Waals surface area contributed by atoms with Crippen molar-refractivity contribution in [1.29, 1.82) is 0 Å². The van der Waals surface area contributed by atoms with E-state index in [4.69, 9.17) is 31.9 Å². The highest BCUT2D eigenvalue weighted by Gasteiger charge is 2.53. The third-order valence-electron chi connectivity index (χ3n) is 4.67. The van der Waals surface area contributed by atoms with Crippen LogP contribution >= 0.6 is 35.1 Å². The summed E-state index contributed by atoms with van der Waals surface area (Å²) in [5, 5.41) is 10.6. The molecule has 198 valence electrons. The number of ether oxygens (including phenoxy) is 1. The van der Waals surface area contributed by atoms with E-state index in [9.17, 15) is 33.4 Å². The first-order chi connectivity index (χ1) is 16.0. The van der Waals surface area contributed by atoms with E-state index in [2.05, 4.69) is 28.1 Å². The topological polar surface area (TPSA) is 279 Å². The summed E-state index contributed by atoms with van der Waals surface area (Å²) in [4.78, 5) is 57.7. The first kappa shape index (κ1) is 28.3. The van der Waals surface area contributed by atoms with Gasteiger partial charge in [-0.15, -0.1) is 11.6 Å². The van der Waals surface area contributed by atoms with Crippen LogP contribution in [0, 0.1) is 5.41 Å². The third-order valence-corrected chi connectivity index (χ3v) is 8.98. The number of hydrogen-bond acceptors (Lipinski definition) is 12. The highest BCUT2D eigenvalue weighted by Crippen LogP contribution is 2.66. The number of nitrogens with zero attached hydrogens (tertiary/aromatic N) is 3. The maximum absolute atomic E-state index is 15.3. The largest absolute Gasteiger partial charge is 0.490 e. The van der Waals surface area contributed by atoms with E-state index in [0.29, 0.717) is 0 Å². The molecular formula is C12H18ClFN5O13P3. The maximum atomic E-state index is 15.3. The molecule has 0 aliphatic carbocycles. The lowest BCUT2D eigenvalue weighted by Gasteiger charge is -2.44. The van der Waals surface area contributed by atoms with E-state index < -0.39 is 72.0 Å². The van der Waals surface area contributed by atoms with Gasteiger partial charge in [0.25, 0.3) is 5.56 Å². The summed E-state index contributed by atoms with van der Waals surface area (Å²) in [5.41, 5.74) is 2.47. The van der Waals surface area contributed by atoms with Gasteiger partial charge in [0.2, 0.25) is 5.95 Å². The number of anilines is 1. The number of H-pyrrole nitrogens is 1. The van der Waals surface area contributed by atoms with Gasteiger partial charge in [0.15, 0.2) is 23.6 Å².